The number of carbonyl (C=O) groups is 1. The highest BCUT2D eigenvalue weighted by Crippen LogP contribution is 2.40. The number of nitrogens with zero attached hydrogens (tertiary/aromatic N) is 4. The topological polar surface area (TPSA) is 80.2 Å². The zero-order chi connectivity index (χ0) is 18.1. The molecule has 0 aromatic carbocycles. The number of aromatic nitrogens is 3. The first-order valence-electron chi connectivity index (χ1n) is 9.03. The Morgan fingerprint density at radius 3 is 2.92 bits per heavy atom. The molecule has 136 valence electrons. The first-order valence-corrected chi connectivity index (χ1v) is 9.03. The Bertz CT molecular complexity index is 840. The summed E-state index contributed by atoms with van der Waals surface area (Å²) in [6, 6.07) is 3.71. The summed E-state index contributed by atoms with van der Waals surface area (Å²) in [6.07, 6.45) is 6.10. The SMILES string of the molecule is Cc1ncccc1Oc1ncnc(N2CC[C@@]3(CCCNC3=O)C2)c1C. The zero-order valence-electron chi connectivity index (χ0n) is 15.2. The molecule has 2 aliphatic heterocycles. The first-order chi connectivity index (χ1) is 12.6. The normalized spacial score (nSPS) is 22.5. The largest absolute Gasteiger partial charge is 0.437 e. The summed E-state index contributed by atoms with van der Waals surface area (Å²) in [5, 5.41) is 3.02. The van der Waals surface area contributed by atoms with Gasteiger partial charge in [-0.3, -0.25) is 9.78 Å². The second-order valence-electron chi connectivity index (χ2n) is 7.13. The van der Waals surface area contributed by atoms with Crippen molar-refractivity contribution >= 4 is 11.7 Å². The van der Waals surface area contributed by atoms with Gasteiger partial charge >= 0.3 is 0 Å². The molecule has 2 aromatic rings. The van der Waals surface area contributed by atoms with Gasteiger partial charge in [0, 0.05) is 25.8 Å². The van der Waals surface area contributed by atoms with Crippen LogP contribution in [-0.2, 0) is 4.79 Å². The molecular weight excluding hydrogens is 330 g/mol. The number of piperidine rings is 1. The van der Waals surface area contributed by atoms with Crippen LogP contribution in [0.15, 0.2) is 24.7 Å². The van der Waals surface area contributed by atoms with Gasteiger partial charge in [-0.05, 0) is 45.2 Å². The number of pyridine rings is 1. The van der Waals surface area contributed by atoms with Gasteiger partial charge in [0.15, 0.2) is 5.75 Å². The Morgan fingerprint density at radius 1 is 1.23 bits per heavy atom. The number of amides is 1. The summed E-state index contributed by atoms with van der Waals surface area (Å²) < 4.78 is 5.98. The van der Waals surface area contributed by atoms with Crippen LogP contribution in [0, 0.1) is 19.3 Å². The highest BCUT2D eigenvalue weighted by molar-refractivity contribution is 5.84. The van der Waals surface area contributed by atoms with E-state index >= 15 is 0 Å². The highest BCUT2D eigenvalue weighted by atomic mass is 16.5. The molecule has 1 atom stereocenters. The van der Waals surface area contributed by atoms with Crippen LogP contribution < -0.4 is 15.0 Å². The van der Waals surface area contributed by atoms with Crippen LogP contribution in [-0.4, -0.2) is 40.5 Å². The van der Waals surface area contributed by atoms with Gasteiger partial charge < -0.3 is 15.0 Å². The van der Waals surface area contributed by atoms with Crippen molar-refractivity contribution in [2.45, 2.75) is 33.1 Å². The molecule has 1 amide bonds. The van der Waals surface area contributed by atoms with Gasteiger partial charge in [0.2, 0.25) is 11.8 Å². The molecule has 7 nitrogen and oxygen atoms in total. The molecule has 2 saturated heterocycles. The number of ether oxygens (including phenoxy) is 1. The van der Waals surface area contributed by atoms with E-state index in [-0.39, 0.29) is 11.3 Å². The van der Waals surface area contributed by atoms with Crippen LogP contribution in [0.1, 0.15) is 30.5 Å². The Balaban J connectivity index is 1.59. The van der Waals surface area contributed by atoms with Crippen LogP contribution >= 0.6 is 0 Å². The highest BCUT2D eigenvalue weighted by Gasteiger charge is 2.46. The average Bonchev–Trinajstić information content (AvgIpc) is 3.06. The number of carbonyl (C=O) groups excluding carboxylic acids is 1. The predicted octanol–water partition coefficient (Wildman–Crippen LogP) is 2.39. The van der Waals surface area contributed by atoms with Crippen molar-refractivity contribution < 1.29 is 9.53 Å². The molecule has 1 N–H and O–H groups in total. The Morgan fingerprint density at radius 2 is 2.12 bits per heavy atom. The number of anilines is 1. The molecular formula is C19H23N5O2. The van der Waals surface area contributed by atoms with Crippen molar-refractivity contribution in [3.05, 3.63) is 35.9 Å². The van der Waals surface area contributed by atoms with Gasteiger partial charge in [0.25, 0.3) is 0 Å². The maximum atomic E-state index is 12.4. The third kappa shape index (κ3) is 2.87. The minimum absolute atomic E-state index is 0.181. The zero-order valence-corrected chi connectivity index (χ0v) is 15.2. The lowest BCUT2D eigenvalue weighted by Gasteiger charge is -2.32. The van der Waals surface area contributed by atoms with E-state index in [4.69, 9.17) is 4.74 Å². The van der Waals surface area contributed by atoms with Crippen molar-refractivity contribution in [1.82, 2.24) is 20.3 Å². The van der Waals surface area contributed by atoms with E-state index in [9.17, 15) is 4.79 Å². The molecule has 0 saturated carbocycles. The van der Waals surface area contributed by atoms with Crippen molar-refractivity contribution in [3.63, 3.8) is 0 Å². The lowest BCUT2D eigenvalue weighted by atomic mass is 9.79. The lowest BCUT2D eigenvalue weighted by molar-refractivity contribution is -0.132. The standard InChI is InChI=1S/C19H23N5O2/c1-13-16(24-10-7-19(11-24)6-4-9-21-18(19)25)22-12-23-17(13)26-15-5-3-8-20-14(15)2/h3,5,8,12H,4,6-7,9-11H2,1-2H3,(H,21,25)/t19-/m0/s1. The molecule has 0 unspecified atom stereocenters. The molecule has 4 heterocycles. The molecule has 7 heteroatoms. The third-order valence-corrected chi connectivity index (χ3v) is 5.43. The van der Waals surface area contributed by atoms with E-state index in [1.54, 1.807) is 6.20 Å². The van der Waals surface area contributed by atoms with Gasteiger partial charge in [0.1, 0.15) is 12.1 Å². The monoisotopic (exact) mass is 353 g/mol. The number of hydrogen-bond acceptors (Lipinski definition) is 6. The minimum Gasteiger partial charge on any atom is -0.437 e. The van der Waals surface area contributed by atoms with Crippen molar-refractivity contribution in [2.75, 3.05) is 24.5 Å². The van der Waals surface area contributed by atoms with Crippen LogP contribution in [0.5, 0.6) is 11.6 Å². The van der Waals surface area contributed by atoms with E-state index in [2.05, 4.69) is 25.2 Å². The lowest BCUT2D eigenvalue weighted by Crippen LogP contribution is -2.47. The smallest absolute Gasteiger partial charge is 0.228 e. The van der Waals surface area contributed by atoms with Crippen molar-refractivity contribution in [2.24, 2.45) is 5.41 Å². The maximum Gasteiger partial charge on any atom is 0.228 e. The number of hydrogen-bond donors (Lipinski definition) is 1. The van der Waals surface area contributed by atoms with Gasteiger partial charge in [0.05, 0.1) is 16.7 Å². The fourth-order valence-corrected chi connectivity index (χ4v) is 3.90. The molecule has 26 heavy (non-hydrogen) atoms. The van der Waals surface area contributed by atoms with E-state index in [0.717, 1.165) is 49.4 Å². The molecule has 0 aliphatic carbocycles. The number of nitrogens with one attached hydrogen (secondary N) is 1. The Kier molecular flexibility index (Phi) is 4.22. The fraction of sp³-hybridized carbons (Fsp3) is 0.474. The van der Waals surface area contributed by atoms with E-state index in [1.807, 2.05) is 26.0 Å². The van der Waals surface area contributed by atoms with Crippen molar-refractivity contribution in [1.29, 1.82) is 0 Å². The second kappa shape index (κ2) is 6.55. The molecule has 4 rings (SSSR count). The van der Waals surface area contributed by atoms with Crippen molar-refractivity contribution in [3.8, 4) is 11.6 Å². The summed E-state index contributed by atoms with van der Waals surface area (Å²) in [6.45, 7) is 6.16. The van der Waals surface area contributed by atoms with Gasteiger partial charge in [-0.25, -0.2) is 9.97 Å². The average molecular weight is 353 g/mol. The number of rotatable bonds is 3. The maximum absolute atomic E-state index is 12.4. The van der Waals surface area contributed by atoms with Crippen LogP contribution in [0.2, 0.25) is 0 Å². The summed E-state index contributed by atoms with van der Waals surface area (Å²) in [7, 11) is 0. The van der Waals surface area contributed by atoms with Crippen LogP contribution in [0.25, 0.3) is 0 Å². The molecule has 0 radical (unpaired) electrons. The van der Waals surface area contributed by atoms with Crippen LogP contribution in [0.4, 0.5) is 5.82 Å². The Hall–Kier alpha value is -2.70. The minimum atomic E-state index is -0.281. The summed E-state index contributed by atoms with van der Waals surface area (Å²) in [5.41, 5.74) is 1.41. The van der Waals surface area contributed by atoms with E-state index in [0.29, 0.717) is 18.2 Å². The first kappa shape index (κ1) is 16.8. The second-order valence-corrected chi connectivity index (χ2v) is 7.13. The van der Waals surface area contributed by atoms with Gasteiger partial charge in [-0.2, -0.15) is 0 Å². The summed E-state index contributed by atoms with van der Waals surface area (Å²) in [4.78, 5) is 27.6. The van der Waals surface area contributed by atoms with Gasteiger partial charge in [-0.15, -0.1) is 0 Å². The van der Waals surface area contributed by atoms with Crippen LogP contribution in [0.3, 0.4) is 0 Å². The summed E-state index contributed by atoms with van der Waals surface area (Å²) in [5.74, 6) is 2.23. The molecule has 2 aromatic heterocycles. The molecule has 2 fully saturated rings. The Labute approximate surface area is 152 Å². The molecule has 1 spiro atoms. The number of aryl methyl sites for hydroxylation is 1. The predicted molar refractivity (Wildman–Crippen MR) is 97.3 cm³/mol. The third-order valence-electron chi connectivity index (χ3n) is 5.43. The quantitative estimate of drug-likeness (QED) is 0.913. The van der Waals surface area contributed by atoms with Gasteiger partial charge in [-0.1, -0.05) is 0 Å². The van der Waals surface area contributed by atoms with E-state index in [1.165, 1.54) is 6.33 Å². The van der Waals surface area contributed by atoms with E-state index < -0.39 is 0 Å². The fourth-order valence-electron chi connectivity index (χ4n) is 3.90. The molecule has 2 aliphatic rings. The summed E-state index contributed by atoms with van der Waals surface area (Å²) >= 11 is 0. The molecule has 0 bridgehead atoms.